The molecule has 25 heavy (non-hydrogen) atoms. The van der Waals surface area contributed by atoms with Crippen molar-refractivity contribution < 1.29 is 13.9 Å². The van der Waals surface area contributed by atoms with Crippen LogP contribution in [0.15, 0.2) is 39.7 Å². The van der Waals surface area contributed by atoms with Crippen molar-refractivity contribution >= 4 is 28.5 Å². The number of rotatable bonds is 5. The Morgan fingerprint density at radius 2 is 2.12 bits per heavy atom. The van der Waals surface area contributed by atoms with Crippen molar-refractivity contribution in [3.05, 3.63) is 41.0 Å². The highest BCUT2D eigenvalue weighted by Gasteiger charge is 2.16. The number of nitrogens with one attached hydrogen (secondary N) is 1. The van der Waals surface area contributed by atoms with Gasteiger partial charge in [-0.3, -0.25) is 9.36 Å². The molecule has 3 rings (SSSR count). The highest BCUT2D eigenvalue weighted by Crippen LogP contribution is 2.23. The van der Waals surface area contributed by atoms with Gasteiger partial charge in [0.1, 0.15) is 12.2 Å². The zero-order chi connectivity index (χ0) is 18.0. The smallest absolute Gasteiger partial charge is 0.420 e. The van der Waals surface area contributed by atoms with Crippen molar-refractivity contribution in [2.24, 2.45) is 0 Å². The molecule has 3 aromatic rings. The number of ether oxygens (including phenoxy) is 1. The van der Waals surface area contributed by atoms with Gasteiger partial charge in [-0.1, -0.05) is 12.1 Å². The summed E-state index contributed by atoms with van der Waals surface area (Å²) in [5.74, 6) is -0.495. The second-order valence-corrected chi connectivity index (χ2v) is 5.46. The molecule has 0 spiro atoms. The van der Waals surface area contributed by atoms with Gasteiger partial charge in [-0.05, 0) is 12.1 Å². The van der Waals surface area contributed by atoms with E-state index >= 15 is 0 Å². The lowest BCUT2D eigenvalue weighted by molar-refractivity contribution is -0.116. The molecule has 0 aliphatic rings. The number of methoxy groups -OCH3 is 1. The quantitative estimate of drug-likeness (QED) is 0.740. The summed E-state index contributed by atoms with van der Waals surface area (Å²) in [7, 11) is 5.03. The third-order valence-electron chi connectivity index (χ3n) is 3.50. The lowest BCUT2D eigenvalue weighted by Gasteiger charge is -2.16. The normalized spacial score (nSPS) is 10.7. The van der Waals surface area contributed by atoms with Gasteiger partial charge in [0.2, 0.25) is 5.91 Å². The Bertz CT molecular complexity index is 976. The second-order valence-electron chi connectivity index (χ2n) is 5.46. The van der Waals surface area contributed by atoms with Gasteiger partial charge in [0.15, 0.2) is 11.4 Å². The fraction of sp³-hybridized carbons (Fsp3) is 0.250. The number of para-hydroxylation sites is 2. The molecular formula is C16H17N5O4. The van der Waals surface area contributed by atoms with Crippen molar-refractivity contribution in [3.8, 4) is 6.01 Å². The molecular weight excluding hydrogens is 326 g/mol. The molecule has 0 saturated carbocycles. The highest BCUT2D eigenvalue weighted by atomic mass is 16.5. The Kier molecular flexibility index (Phi) is 4.38. The van der Waals surface area contributed by atoms with E-state index in [1.807, 2.05) is 0 Å². The molecule has 130 valence electrons. The third-order valence-corrected chi connectivity index (χ3v) is 3.50. The lowest BCUT2D eigenvalue weighted by atomic mass is 10.3. The van der Waals surface area contributed by atoms with Crippen molar-refractivity contribution in [1.82, 2.24) is 14.5 Å². The zero-order valence-electron chi connectivity index (χ0n) is 14.0. The van der Waals surface area contributed by atoms with Crippen molar-refractivity contribution in [1.29, 1.82) is 0 Å². The van der Waals surface area contributed by atoms with E-state index in [9.17, 15) is 9.59 Å². The first-order valence-corrected chi connectivity index (χ1v) is 7.46. The van der Waals surface area contributed by atoms with Gasteiger partial charge < -0.3 is 19.4 Å². The van der Waals surface area contributed by atoms with Gasteiger partial charge in [0.25, 0.3) is 0 Å². The van der Waals surface area contributed by atoms with Crippen LogP contribution in [0.3, 0.4) is 0 Å². The molecule has 0 aliphatic carbocycles. The van der Waals surface area contributed by atoms with Gasteiger partial charge in [-0.2, -0.15) is 4.98 Å². The summed E-state index contributed by atoms with van der Waals surface area (Å²) >= 11 is 0. The van der Waals surface area contributed by atoms with Crippen LogP contribution in [0.1, 0.15) is 0 Å². The van der Waals surface area contributed by atoms with Crippen LogP contribution in [-0.4, -0.2) is 41.6 Å². The minimum atomic E-state index is -0.588. The van der Waals surface area contributed by atoms with Crippen LogP contribution >= 0.6 is 0 Å². The number of carbonyl (C=O) groups excluding carboxylic acids is 1. The van der Waals surface area contributed by atoms with Crippen molar-refractivity contribution in [2.45, 2.75) is 6.54 Å². The minimum Gasteiger partial charge on any atom is -0.467 e. The average Bonchev–Trinajstić information content (AvgIpc) is 2.90. The third kappa shape index (κ3) is 3.30. The van der Waals surface area contributed by atoms with Crippen molar-refractivity contribution in [2.75, 3.05) is 31.4 Å². The maximum atomic E-state index is 12.4. The average molecular weight is 343 g/mol. The Balaban J connectivity index is 1.85. The minimum absolute atomic E-state index is 0.186. The van der Waals surface area contributed by atoms with E-state index in [0.29, 0.717) is 22.6 Å². The first-order valence-electron chi connectivity index (χ1n) is 7.46. The van der Waals surface area contributed by atoms with Crippen LogP contribution < -0.4 is 20.7 Å². The monoisotopic (exact) mass is 343 g/mol. The Hall–Kier alpha value is -3.36. The Morgan fingerprint density at radius 1 is 1.36 bits per heavy atom. The number of benzene rings is 1. The predicted octanol–water partition coefficient (Wildman–Crippen LogP) is 1.10. The summed E-state index contributed by atoms with van der Waals surface area (Å²) in [5, 5.41) is 2.71. The molecule has 1 N–H and O–H groups in total. The largest absolute Gasteiger partial charge is 0.467 e. The van der Waals surface area contributed by atoms with Crippen LogP contribution in [0.5, 0.6) is 6.01 Å². The SMILES string of the molecule is COc1ncc(NC(=O)Cn2c(=O)oc3ccccc32)c(N(C)C)n1. The number of carbonyl (C=O) groups is 1. The Morgan fingerprint density at radius 3 is 2.84 bits per heavy atom. The fourth-order valence-corrected chi connectivity index (χ4v) is 2.38. The molecule has 9 heteroatoms. The van der Waals surface area contributed by atoms with E-state index < -0.39 is 11.7 Å². The highest BCUT2D eigenvalue weighted by molar-refractivity contribution is 5.94. The number of aromatic nitrogens is 3. The number of hydrogen-bond acceptors (Lipinski definition) is 7. The molecule has 0 fully saturated rings. The lowest BCUT2D eigenvalue weighted by Crippen LogP contribution is -2.26. The van der Waals surface area contributed by atoms with Crippen molar-refractivity contribution in [3.63, 3.8) is 0 Å². The molecule has 2 heterocycles. The topological polar surface area (TPSA) is 102 Å². The standard InChI is InChI=1S/C16H17N5O4/c1-20(2)14-10(8-17-15(19-14)24-3)18-13(22)9-21-11-6-4-5-7-12(11)25-16(21)23/h4-8H,9H2,1-3H3,(H,18,22). The molecule has 1 amide bonds. The number of fused-ring (bicyclic) bond motifs is 1. The van der Waals surface area contributed by atoms with E-state index in [0.717, 1.165) is 0 Å². The van der Waals surface area contributed by atoms with Gasteiger partial charge in [-0.25, -0.2) is 9.78 Å². The first kappa shape index (κ1) is 16.5. The van der Waals surface area contributed by atoms with Crippen LogP contribution in [-0.2, 0) is 11.3 Å². The van der Waals surface area contributed by atoms with E-state index in [1.54, 1.807) is 43.3 Å². The van der Waals surface area contributed by atoms with Crippen LogP contribution in [0.2, 0.25) is 0 Å². The van der Waals surface area contributed by atoms with Gasteiger partial charge in [0.05, 0.1) is 18.8 Å². The van der Waals surface area contributed by atoms with Crippen LogP contribution in [0, 0.1) is 0 Å². The summed E-state index contributed by atoms with van der Waals surface area (Å²) in [4.78, 5) is 34.3. The molecule has 0 bridgehead atoms. The number of amides is 1. The molecule has 9 nitrogen and oxygen atoms in total. The van der Waals surface area contributed by atoms with E-state index in [4.69, 9.17) is 9.15 Å². The van der Waals surface area contributed by atoms with Gasteiger partial charge in [0, 0.05) is 14.1 Å². The maximum Gasteiger partial charge on any atom is 0.420 e. The molecule has 0 saturated heterocycles. The summed E-state index contributed by atoms with van der Waals surface area (Å²) < 4.78 is 11.4. The zero-order valence-corrected chi connectivity index (χ0v) is 14.0. The number of nitrogens with zero attached hydrogens (tertiary/aromatic N) is 4. The molecule has 0 radical (unpaired) electrons. The summed E-state index contributed by atoms with van der Waals surface area (Å²) in [5.41, 5.74) is 1.40. The molecule has 0 unspecified atom stereocenters. The fourth-order valence-electron chi connectivity index (χ4n) is 2.38. The summed E-state index contributed by atoms with van der Waals surface area (Å²) in [6.45, 7) is -0.186. The van der Waals surface area contributed by atoms with E-state index in [1.165, 1.54) is 17.9 Å². The number of oxazole rings is 1. The second kappa shape index (κ2) is 6.63. The van der Waals surface area contributed by atoms with Crippen LogP contribution in [0.4, 0.5) is 11.5 Å². The number of hydrogen-bond donors (Lipinski definition) is 1. The number of anilines is 2. The summed E-state index contributed by atoms with van der Waals surface area (Å²) in [6.07, 6.45) is 1.45. The first-order chi connectivity index (χ1) is 12.0. The molecule has 2 aromatic heterocycles. The summed E-state index contributed by atoms with van der Waals surface area (Å²) in [6, 6.07) is 7.11. The van der Waals surface area contributed by atoms with Gasteiger partial charge >= 0.3 is 11.8 Å². The van der Waals surface area contributed by atoms with E-state index in [-0.39, 0.29) is 12.6 Å². The van der Waals surface area contributed by atoms with E-state index in [2.05, 4.69) is 15.3 Å². The molecule has 0 atom stereocenters. The maximum absolute atomic E-state index is 12.4. The molecule has 0 aliphatic heterocycles. The van der Waals surface area contributed by atoms with Crippen LogP contribution in [0.25, 0.3) is 11.1 Å². The molecule has 1 aromatic carbocycles. The van der Waals surface area contributed by atoms with Gasteiger partial charge in [-0.15, -0.1) is 0 Å². The Labute approximate surface area is 142 Å². The predicted molar refractivity (Wildman–Crippen MR) is 92.0 cm³/mol.